The van der Waals surface area contributed by atoms with E-state index >= 15 is 0 Å². The number of rotatable bonds is 5. The van der Waals surface area contributed by atoms with E-state index in [0.717, 1.165) is 0 Å². The SMILES string of the molecule is CC(C)C(=O)N(CC(C)C(=O)O)c1ccccc1C#N. The molecule has 1 unspecified atom stereocenters. The first-order valence-corrected chi connectivity index (χ1v) is 6.41. The molecule has 1 N–H and O–H groups in total. The first-order chi connectivity index (χ1) is 9.38. The number of carboxylic acid groups (broad SMARTS) is 1. The average Bonchev–Trinajstić information content (AvgIpc) is 2.43. The number of amides is 1. The number of nitriles is 1. The molecule has 0 saturated heterocycles. The molecule has 0 bridgehead atoms. The van der Waals surface area contributed by atoms with Crippen LogP contribution in [0.4, 0.5) is 5.69 Å². The second-order valence-corrected chi connectivity index (χ2v) is 4.97. The Morgan fingerprint density at radius 1 is 1.30 bits per heavy atom. The van der Waals surface area contributed by atoms with Gasteiger partial charge in [-0.25, -0.2) is 0 Å². The maximum atomic E-state index is 12.3. The minimum absolute atomic E-state index is 0.0467. The summed E-state index contributed by atoms with van der Waals surface area (Å²) in [5.41, 5.74) is 0.820. The van der Waals surface area contributed by atoms with Crippen LogP contribution in [0.25, 0.3) is 0 Å². The molecule has 0 aliphatic heterocycles. The Bertz CT molecular complexity index is 546. The topological polar surface area (TPSA) is 81.4 Å². The quantitative estimate of drug-likeness (QED) is 0.893. The van der Waals surface area contributed by atoms with Gasteiger partial charge < -0.3 is 10.0 Å². The standard InChI is InChI=1S/C15H18N2O3/c1-10(2)14(18)17(9-11(3)15(19)20)13-7-5-4-6-12(13)8-16/h4-7,10-11H,9H2,1-3H3,(H,19,20). The molecule has 5 heteroatoms. The smallest absolute Gasteiger partial charge is 0.308 e. The summed E-state index contributed by atoms with van der Waals surface area (Å²) in [5, 5.41) is 18.1. The van der Waals surface area contributed by atoms with Crippen LogP contribution in [0.5, 0.6) is 0 Å². The molecule has 0 aliphatic rings. The van der Waals surface area contributed by atoms with Crippen LogP contribution < -0.4 is 4.90 Å². The van der Waals surface area contributed by atoms with Gasteiger partial charge >= 0.3 is 5.97 Å². The Balaban J connectivity index is 3.20. The molecule has 1 rings (SSSR count). The monoisotopic (exact) mass is 274 g/mol. The van der Waals surface area contributed by atoms with Crippen molar-refractivity contribution in [2.24, 2.45) is 11.8 Å². The molecule has 0 aromatic heterocycles. The fourth-order valence-corrected chi connectivity index (χ4v) is 1.77. The van der Waals surface area contributed by atoms with Gasteiger partial charge in [-0.05, 0) is 12.1 Å². The summed E-state index contributed by atoms with van der Waals surface area (Å²) >= 11 is 0. The van der Waals surface area contributed by atoms with E-state index in [1.807, 2.05) is 6.07 Å². The third-order valence-electron chi connectivity index (χ3n) is 2.95. The largest absolute Gasteiger partial charge is 0.481 e. The summed E-state index contributed by atoms with van der Waals surface area (Å²) < 4.78 is 0. The molecule has 0 spiro atoms. The van der Waals surface area contributed by atoms with E-state index in [0.29, 0.717) is 11.3 Å². The van der Waals surface area contributed by atoms with E-state index in [4.69, 9.17) is 10.4 Å². The fraction of sp³-hybridized carbons (Fsp3) is 0.400. The Labute approximate surface area is 118 Å². The highest BCUT2D eigenvalue weighted by Gasteiger charge is 2.25. The van der Waals surface area contributed by atoms with Gasteiger partial charge in [-0.3, -0.25) is 9.59 Å². The second kappa shape index (κ2) is 6.71. The third kappa shape index (κ3) is 3.58. The van der Waals surface area contributed by atoms with Gasteiger partial charge in [0.15, 0.2) is 0 Å². The first-order valence-electron chi connectivity index (χ1n) is 6.41. The molecule has 0 aliphatic carbocycles. The van der Waals surface area contributed by atoms with Crippen molar-refractivity contribution in [1.82, 2.24) is 0 Å². The number of hydrogen-bond acceptors (Lipinski definition) is 3. The van der Waals surface area contributed by atoms with Crippen LogP contribution in [0.3, 0.4) is 0 Å². The Morgan fingerprint density at radius 2 is 1.90 bits per heavy atom. The van der Waals surface area contributed by atoms with Crippen molar-refractivity contribution >= 4 is 17.6 Å². The van der Waals surface area contributed by atoms with Crippen LogP contribution in [0.15, 0.2) is 24.3 Å². The zero-order valence-electron chi connectivity index (χ0n) is 11.8. The third-order valence-corrected chi connectivity index (χ3v) is 2.95. The van der Waals surface area contributed by atoms with Crippen molar-refractivity contribution in [3.8, 4) is 6.07 Å². The Morgan fingerprint density at radius 3 is 2.40 bits per heavy atom. The number of benzene rings is 1. The van der Waals surface area contributed by atoms with E-state index < -0.39 is 11.9 Å². The summed E-state index contributed by atoms with van der Waals surface area (Å²) in [6.45, 7) is 5.08. The minimum Gasteiger partial charge on any atom is -0.481 e. The van der Waals surface area contributed by atoms with E-state index in [1.165, 1.54) is 11.8 Å². The average molecular weight is 274 g/mol. The molecule has 0 fully saturated rings. The summed E-state index contributed by atoms with van der Waals surface area (Å²) in [6.07, 6.45) is 0. The number of carboxylic acids is 1. The molecule has 1 aromatic rings. The lowest BCUT2D eigenvalue weighted by Gasteiger charge is -2.27. The number of para-hydroxylation sites is 1. The van der Waals surface area contributed by atoms with E-state index in [9.17, 15) is 9.59 Å². The highest BCUT2D eigenvalue weighted by molar-refractivity contribution is 5.96. The molecule has 0 radical (unpaired) electrons. The lowest BCUT2D eigenvalue weighted by atomic mass is 10.1. The van der Waals surface area contributed by atoms with Gasteiger partial charge in [-0.15, -0.1) is 0 Å². The van der Waals surface area contributed by atoms with Crippen molar-refractivity contribution < 1.29 is 14.7 Å². The lowest BCUT2D eigenvalue weighted by molar-refractivity contribution is -0.140. The normalized spacial score (nSPS) is 11.8. The number of aliphatic carboxylic acids is 1. The predicted molar refractivity (Wildman–Crippen MR) is 75.1 cm³/mol. The van der Waals surface area contributed by atoms with Crippen molar-refractivity contribution in [1.29, 1.82) is 5.26 Å². The van der Waals surface area contributed by atoms with Gasteiger partial charge in [-0.1, -0.05) is 32.9 Å². The molecule has 5 nitrogen and oxygen atoms in total. The molecule has 1 atom stereocenters. The number of hydrogen-bond donors (Lipinski definition) is 1. The van der Waals surface area contributed by atoms with Crippen molar-refractivity contribution in [2.75, 3.05) is 11.4 Å². The molecular weight excluding hydrogens is 256 g/mol. The summed E-state index contributed by atoms with van der Waals surface area (Å²) in [6, 6.07) is 8.74. The van der Waals surface area contributed by atoms with Crippen LogP contribution in [0.1, 0.15) is 26.3 Å². The summed E-state index contributed by atoms with van der Waals surface area (Å²) in [7, 11) is 0. The highest BCUT2D eigenvalue weighted by atomic mass is 16.4. The van der Waals surface area contributed by atoms with E-state index in [1.54, 1.807) is 38.1 Å². The number of carbonyl (C=O) groups excluding carboxylic acids is 1. The molecule has 0 heterocycles. The predicted octanol–water partition coefficient (Wildman–Crippen LogP) is 2.27. The van der Waals surface area contributed by atoms with Crippen molar-refractivity contribution in [3.05, 3.63) is 29.8 Å². The lowest BCUT2D eigenvalue weighted by Crippen LogP contribution is -2.39. The number of carbonyl (C=O) groups is 2. The molecule has 1 amide bonds. The van der Waals surface area contributed by atoms with E-state index in [2.05, 4.69) is 0 Å². The molecular formula is C15H18N2O3. The second-order valence-electron chi connectivity index (χ2n) is 4.97. The zero-order valence-corrected chi connectivity index (χ0v) is 11.8. The molecule has 1 aromatic carbocycles. The van der Waals surface area contributed by atoms with Crippen LogP contribution in [0, 0.1) is 23.2 Å². The van der Waals surface area contributed by atoms with Gasteiger partial charge in [0.1, 0.15) is 6.07 Å². The summed E-state index contributed by atoms with van der Waals surface area (Å²) in [5.74, 6) is -2.14. The van der Waals surface area contributed by atoms with Gasteiger partial charge in [0.25, 0.3) is 0 Å². The van der Waals surface area contributed by atoms with Crippen LogP contribution in [0.2, 0.25) is 0 Å². The fourth-order valence-electron chi connectivity index (χ4n) is 1.77. The molecule has 20 heavy (non-hydrogen) atoms. The Kier molecular flexibility index (Phi) is 5.27. The number of nitrogens with zero attached hydrogens (tertiary/aromatic N) is 2. The highest BCUT2D eigenvalue weighted by Crippen LogP contribution is 2.23. The Hall–Kier alpha value is -2.35. The molecule has 106 valence electrons. The maximum Gasteiger partial charge on any atom is 0.308 e. The van der Waals surface area contributed by atoms with Gasteiger partial charge in [0, 0.05) is 12.5 Å². The maximum absolute atomic E-state index is 12.3. The van der Waals surface area contributed by atoms with Crippen LogP contribution in [-0.2, 0) is 9.59 Å². The van der Waals surface area contributed by atoms with Crippen LogP contribution in [-0.4, -0.2) is 23.5 Å². The van der Waals surface area contributed by atoms with Crippen LogP contribution >= 0.6 is 0 Å². The minimum atomic E-state index is -0.971. The first kappa shape index (κ1) is 15.7. The van der Waals surface area contributed by atoms with Gasteiger partial charge in [0.2, 0.25) is 5.91 Å². The van der Waals surface area contributed by atoms with Gasteiger partial charge in [0.05, 0.1) is 17.2 Å². The van der Waals surface area contributed by atoms with Gasteiger partial charge in [-0.2, -0.15) is 5.26 Å². The van der Waals surface area contributed by atoms with E-state index in [-0.39, 0.29) is 18.4 Å². The summed E-state index contributed by atoms with van der Waals surface area (Å²) in [4.78, 5) is 24.7. The van der Waals surface area contributed by atoms with Crippen molar-refractivity contribution in [2.45, 2.75) is 20.8 Å². The molecule has 0 saturated carbocycles. The van der Waals surface area contributed by atoms with Crippen molar-refractivity contribution in [3.63, 3.8) is 0 Å². The number of anilines is 1. The zero-order chi connectivity index (χ0) is 15.3.